The van der Waals surface area contributed by atoms with E-state index in [9.17, 15) is 18.0 Å². The van der Waals surface area contributed by atoms with E-state index in [1.807, 2.05) is 23.1 Å². The Morgan fingerprint density at radius 2 is 1.54 bits per heavy atom. The quantitative estimate of drug-likeness (QED) is 0.433. The fourth-order valence-corrected chi connectivity index (χ4v) is 6.65. The highest BCUT2D eigenvalue weighted by Crippen LogP contribution is 2.33. The van der Waals surface area contributed by atoms with Gasteiger partial charge in [-0.3, -0.25) is 9.59 Å². The minimum Gasteiger partial charge on any atom is -0.332 e. The van der Waals surface area contributed by atoms with Crippen LogP contribution in [0.2, 0.25) is 0 Å². The average Bonchev–Trinajstić information content (AvgIpc) is 3.73. The molecule has 7 heteroatoms. The maximum absolute atomic E-state index is 13.3. The molecule has 1 aliphatic heterocycles. The molecular weight excluding hydrogens is 484 g/mol. The molecule has 0 spiro atoms. The molecule has 1 saturated carbocycles. The summed E-state index contributed by atoms with van der Waals surface area (Å²) in [7, 11) is -3.26. The maximum atomic E-state index is 13.3. The molecule has 2 aliphatic rings. The Morgan fingerprint density at radius 1 is 0.838 bits per heavy atom. The van der Waals surface area contributed by atoms with Crippen molar-refractivity contribution in [2.45, 2.75) is 49.5 Å². The lowest BCUT2D eigenvalue weighted by Crippen LogP contribution is -2.38. The number of amides is 2. The second-order valence-electron chi connectivity index (χ2n) is 10.1. The minimum atomic E-state index is -3.26. The van der Waals surface area contributed by atoms with E-state index in [1.165, 1.54) is 0 Å². The number of hydrogen-bond acceptors (Lipinski definition) is 4. The summed E-state index contributed by atoms with van der Waals surface area (Å²) in [6.45, 7) is 0.734. The smallest absolute Gasteiger partial charge is 0.254 e. The van der Waals surface area contributed by atoms with Crippen molar-refractivity contribution < 1.29 is 18.0 Å². The monoisotopic (exact) mass is 516 g/mol. The summed E-state index contributed by atoms with van der Waals surface area (Å²) < 4.78 is 24.8. The zero-order valence-corrected chi connectivity index (χ0v) is 21.6. The minimum absolute atomic E-state index is 0.00292. The average molecular weight is 517 g/mol. The molecule has 1 saturated heterocycles. The first-order valence-corrected chi connectivity index (χ1v) is 14.6. The zero-order chi connectivity index (χ0) is 25.8. The van der Waals surface area contributed by atoms with Gasteiger partial charge in [-0.25, -0.2) is 8.42 Å². The van der Waals surface area contributed by atoms with Crippen molar-refractivity contribution in [1.82, 2.24) is 4.90 Å². The predicted molar refractivity (Wildman–Crippen MR) is 144 cm³/mol. The number of rotatable bonds is 8. The number of carbonyl (C=O) groups excluding carboxylic acids is 2. The number of hydrogen-bond donors (Lipinski definition) is 1. The third kappa shape index (κ3) is 6.28. The van der Waals surface area contributed by atoms with E-state index in [0.29, 0.717) is 22.1 Å². The summed E-state index contributed by atoms with van der Waals surface area (Å²) in [6.07, 6.45) is 5.16. The van der Waals surface area contributed by atoms with Crippen molar-refractivity contribution in [3.63, 3.8) is 0 Å². The molecule has 192 valence electrons. The molecule has 1 heterocycles. The summed E-state index contributed by atoms with van der Waals surface area (Å²) in [5.41, 5.74) is 3.12. The van der Waals surface area contributed by atoms with E-state index in [4.69, 9.17) is 0 Å². The Labute approximate surface area is 218 Å². The predicted octanol–water partition coefficient (Wildman–Crippen LogP) is 5.42. The van der Waals surface area contributed by atoms with Crippen molar-refractivity contribution in [3.05, 3.63) is 95.6 Å². The van der Waals surface area contributed by atoms with Crippen molar-refractivity contribution >= 4 is 27.3 Å². The van der Waals surface area contributed by atoms with Crippen molar-refractivity contribution in [3.8, 4) is 0 Å². The Morgan fingerprint density at radius 3 is 2.22 bits per heavy atom. The fourth-order valence-electron chi connectivity index (χ4n) is 4.95. The Kier molecular flexibility index (Phi) is 7.42. The molecule has 1 unspecified atom stereocenters. The van der Waals surface area contributed by atoms with Gasteiger partial charge in [0.15, 0.2) is 9.84 Å². The van der Waals surface area contributed by atoms with Crippen molar-refractivity contribution in [1.29, 1.82) is 0 Å². The lowest BCUT2D eigenvalue weighted by molar-refractivity contribution is -0.115. The van der Waals surface area contributed by atoms with Crippen molar-refractivity contribution in [2.75, 3.05) is 17.6 Å². The molecule has 1 N–H and O–H groups in total. The first kappa shape index (κ1) is 25.2. The number of piperidine rings is 1. The fraction of sp³-hybridized carbons (Fsp3) is 0.333. The molecule has 2 fully saturated rings. The van der Waals surface area contributed by atoms with Gasteiger partial charge in [0, 0.05) is 17.8 Å². The molecule has 0 aromatic heterocycles. The van der Waals surface area contributed by atoms with Gasteiger partial charge >= 0.3 is 0 Å². The molecule has 0 bridgehead atoms. The molecule has 6 nitrogen and oxygen atoms in total. The van der Waals surface area contributed by atoms with Gasteiger partial charge in [-0.2, -0.15) is 0 Å². The number of benzene rings is 3. The van der Waals surface area contributed by atoms with E-state index in [-0.39, 0.29) is 30.0 Å². The van der Waals surface area contributed by atoms with E-state index in [0.717, 1.165) is 49.8 Å². The van der Waals surface area contributed by atoms with Crippen LogP contribution in [-0.4, -0.2) is 37.4 Å². The second-order valence-corrected chi connectivity index (χ2v) is 12.1. The highest BCUT2D eigenvalue weighted by Gasteiger charge is 2.29. The number of nitrogens with zero attached hydrogens (tertiary/aromatic N) is 1. The van der Waals surface area contributed by atoms with Crippen molar-refractivity contribution in [2.24, 2.45) is 5.92 Å². The van der Waals surface area contributed by atoms with E-state index >= 15 is 0 Å². The molecule has 5 rings (SSSR count). The third-order valence-electron chi connectivity index (χ3n) is 7.16. The van der Waals surface area contributed by atoms with E-state index in [2.05, 4.69) is 17.4 Å². The lowest BCUT2D eigenvalue weighted by Gasteiger charge is -2.36. The van der Waals surface area contributed by atoms with Crippen LogP contribution in [0.3, 0.4) is 0 Å². The maximum Gasteiger partial charge on any atom is 0.254 e. The van der Waals surface area contributed by atoms with Gasteiger partial charge in [0.05, 0.1) is 23.1 Å². The van der Waals surface area contributed by atoms with Gasteiger partial charge < -0.3 is 10.2 Å². The van der Waals surface area contributed by atoms with Gasteiger partial charge in [0.1, 0.15) is 0 Å². The summed E-state index contributed by atoms with van der Waals surface area (Å²) in [5.74, 6) is 0.300. The number of anilines is 1. The van der Waals surface area contributed by atoms with Crippen LogP contribution >= 0.6 is 0 Å². The summed E-state index contributed by atoms with van der Waals surface area (Å²) in [4.78, 5) is 28.2. The number of likely N-dealkylation sites (tertiary alicyclic amines) is 1. The van der Waals surface area contributed by atoms with Crippen LogP contribution in [0.15, 0.2) is 83.8 Å². The van der Waals surface area contributed by atoms with Crippen LogP contribution in [0, 0.1) is 5.92 Å². The van der Waals surface area contributed by atoms with Gasteiger partial charge in [-0.15, -0.1) is 0 Å². The van der Waals surface area contributed by atoms with E-state index in [1.54, 1.807) is 48.5 Å². The molecular formula is C30H32N2O4S. The van der Waals surface area contributed by atoms with Crippen LogP contribution in [-0.2, 0) is 21.1 Å². The summed E-state index contributed by atoms with van der Waals surface area (Å²) in [5, 5.41) is 2.87. The van der Waals surface area contributed by atoms with Crippen LogP contribution < -0.4 is 5.32 Å². The zero-order valence-electron chi connectivity index (χ0n) is 20.8. The summed E-state index contributed by atoms with van der Waals surface area (Å²) >= 11 is 0. The first-order valence-electron chi connectivity index (χ1n) is 13.0. The van der Waals surface area contributed by atoms with Gasteiger partial charge in [0.25, 0.3) is 5.91 Å². The topological polar surface area (TPSA) is 83.5 Å². The van der Waals surface area contributed by atoms with Crippen LogP contribution in [0.25, 0.3) is 0 Å². The molecule has 1 aliphatic carbocycles. The van der Waals surface area contributed by atoms with Gasteiger partial charge in [0.2, 0.25) is 5.91 Å². The standard InChI is InChI=1S/C30H32N2O4S/c33-29(20-22-11-17-27(18-12-22)37(35,36)21-23-9-10-23)31-26-15-13-25(14-16-26)30(34)32-19-5-4-8-28(32)24-6-2-1-3-7-24/h1-3,6-7,11-18,23,28H,4-5,8-10,19-21H2,(H,31,33). The first-order chi connectivity index (χ1) is 17.9. The van der Waals surface area contributed by atoms with Crippen LogP contribution in [0.4, 0.5) is 5.69 Å². The molecule has 1 atom stereocenters. The summed E-state index contributed by atoms with van der Waals surface area (Å²) in [6, 6.07) is 23.8. The number of carbonyl (C=O) groups is 2. The number of sulfone groups is 1. The molecule has 2 amide bonds. The Bertz CT molecular complexity index is 1350. The molecule has 3 aromatic rings. The largest absolute Gasteiger partial charge is 0.332 e. The van der Waals surface area contributed by atoms with Gasteiger partial charge in [-0.05, 0) is 85.5 Å². The Balaban J connectivity index is 1.19. The molecule has 3 aromatic carbocycles. The Hall–Kier alpha value is -3.45. The normalized spacial score (nSPS) is 17.8. The highest BCUT2D eigenvalue weighted by atomic mass is 32.2. The van der Waals surface area contributed by atoms with Crippen LogP contribution in [0.5, 0.6) is 0 Å². The molecule has 0 radical (unpaired) electrons. The second kappa shape index (κ2) is 10.9. The molecule has 37 heavy (non-hydrogen) atoms. The lowest BCUT2D eigenvalue weighted by atomic mass is 9.94. The highest BCUT2D eigenvalue weighted by molar-refractivity contribution is 7.91. The van der Waals surface area contributed by atoms with E-state index < -0.39 is 9.84 Å². The number of nitrogens with one attached hydrogen (secondary N) is 1. The third-order valence-corrected chi connectivity index (χ3v) is 9.06. The SMILES string of the molecule is O=C(Cc1ccc(S(=O)(=O)CC2CC2)cc1)Nc1ccc(C(=O)N2CCCCC2c2ccccc2)cc1. The van der Waals surface area contributed by atoms with Crippen LogP contribution in [0.1, 0.15) is 59.6 Å². The van der Waals surface area contributed by atoms with Gasteiger partial charge in [-0.1, -0.05) is 42.5 Å².